The number of imide groups is 1. The van der Waals surface area contributed by atoms with Gasteiger partial charge in [0.15, 0.2) is 11.5 Å². The van der Waals surface area contributed by atoms with E-state index in [1.165, 1.54) is 36.5 Å². The first-order valence-corrected chi connectivity index (χ1v) is 33.5. The van der Waals surface area contributed by atoms with E-state index < -0.39 is 46.9 Å². The van der Waals surface area contributed by atoms with Crippen molar-refractivity contribution in [2.45, 2.75) is 140 Å². The molecule has 12 rings (SSSR count). The number of nitrogens with two attached hydrogens (primary N) is 1. The Labute approximate surface area is 553 Å². The van der Waals surface area contributed by atoms with E-state index in [1.54, 1.807) is 29.9 Å². The second-order valence-corrected chi connectivity index (χ2v) is 26.8. The highest BCUT2D eigenvalue weighted by Crippen LogP contribution is 2.38. The van der Waals surface area contributed by atoms with Crippen LogP contribution in [0.3, 0.4) is 0 Å². The normalized spacial score (nSPS) is 19.4. The average molecular weight is 1320 g/mol. The second-order valence-electron chi connectivity index (χ2n) is 26.8. The number of hydrogen-bond donors (Lipinski definition) is 6. The van der Waals surface area contributed by atoms with Crippen molar-refractivity contribution >= 4 is 80.4 Å². The lowest BCUT2D eigenvalue weighted by molar-refractivity contribution is -0.141. The quantitative estimate of drug-likeness (QED) is 0.0284. The van der Waals surface area contributed by atoms with Crippen molar-refractivity contribution in [2.75, 3.05) is 81.0 Å². The number of rotatable bonds is 22. The monoisotopic (exact) mass is 1320 g/mol. The number of nitrogens with zero attached hydrogens (tertiary/aromatic N) is 11. The van der Waals surface area contributed by atoms with Gasteiger partial charge in [0.1, 0.15) is 23.2 Å². The fraction of sp³-hybridized carbons (Fsp3) is 0.493. The number of carbonyl (C=O) groups is 6. The molecule has 0 spiro atoms. The molecule has 1 aliphatic carbocycles. The number of primary amides is 1. The molecule has 0 radical (unpaired) electrons. The molecule has 4 aromatic heterocycles. The van der Waals surface area contributed by atoms with Crippen LogP contribution in [0.4, 0.5) is 36.2 Å². The number of aliphatic hydroxyl groups is 1. The van der Waals surface area contributed by atoms with Gasteiger partial charge >= 0.3 is 11.9 Å². The molecular formula is C69H83F3N16O8. The molecule has 24 nitrogen and oxygen atoms in total. The second kappa shape index (κ2) is 28.3. The maximum absolute atomic E-state index is 14.2. The summed E-state index contributed by atoms with van der Waals surface area (Å²) in [5.41, 5.74) is 7.73. The number of amides is 6. The number of hydrogen-bond acceptors (Lipinski definition) is 16. The van der Waals surface area contributed by atoms with Crippen molar-refractivity contribution in [2.24, 2.45) is 18.7 Å². The fourth-order valence-corrected chi connectivity index (χ4v) is 14.4. The highest BCUT2D eigenvalue weighted by Gasteiger charge is 2.39. The van der Waals surface area contributed by atoms with Gasteiger partial charge in [-0.3, -0.25) is 57.7 Å². The first-order chi connectivity index (χ1) is 46.0. The number of aromatic nitrogens is 7. The van der Waals surface area contributed by atoms with Crippen molar-refractivity contribution in [1.82, 2.24) is 59.2 Å². The highest BCUT2D eigenvalue weighted by atomic mass is 19.4. The highest BCUT2D eigenvalue weighted by molar-refractivity contribution is 6.05. The van der Waals surface area contributed by atoms with E-state index in [0.717, 1.165) is 93.0 Å². The van der Waals surface area contributed by atoms with E-state index in [4.69, 9.17) is 15.8 Å². The molecule has 5 aliphatic rings. The Balaban J connectivity index is 0.648. The third kappa shape index (κ3) is 15.0. The Hall–Kier alpha value is -9.08. The van der Waals surface area contributed by atoms with Crippen LogP contribution >= 0.6 is 0 Å². The lowest BCUT2D eigenvalue weighted by atomic mass is 9.85. The van der Waals surface area contributed by atoms with Crippen LogP contribution < -0.4 is 37.6 Å². The minimum Gasteiger partial charge on any atom is -0.386 e. The smallest absolute Gasteiger partial charge is 0.386 e. The van der Waals surface area contributed by atoms with Crippen molar-refractivity contribution < 1.29 is 47.0 Å². The van der Waals surface area contributed by atoms with Gasteiger partial charge in [-0.2, -0.15) is 18.3 Å². The zero-order valence-electron chi connectivity index (χ0n) is 54.4. The predicted octanol–water partition coefficient (Wildman–Crippen LogP) is 7.45. The number of anilines is 4. The molecule has 6 amide bonds. The molecule has 1 saturated carbocycles. The number of pyridine rings is 1. The summed E-state index contributed by atoms with van der Waals surface area (Å²) in [5.74, 6) is -1.24. The molecule has 4 aliphatic heterocycles. The van der Waals surface area contributed by atoms with Crippen LogP contribution in [0.1, 0.15) is 159 Å². The molecule has 7 N–H and O–H groups in total. The van der Waals surface area contributed by atoms with Gasteiger partial charge in [0.05, 0.1) is 40.9 Å². The number of likely N-dealkylation sites (tertiary alicyclic amines) is 2. The Kier molecular flexibility index (Phi) is 19.7. The number of unbranched alkanes of at least 4 members (excludes halogenated alkanes) is 1. The van der Waals surface area contributed by atoms with Crippen molar-refractivity contribution in [1.29, 1.82) is 0 Å². The van der Waals surface area contributed by atoms with E-state index in [9.17, 15) is 51.8 Å². The summed E-state index contributed by atoms with van der Waals surface area (Å²) in [7, 11) is 1.69. The van der Waals surface area contributed by atoms with Gasteiger partial charge in [0.25, 0.3) is 11.8 Å². The zero-order valence-corrected chi connectivity index (χ0v) is 54.4. The standard InChI is InChI=1S/C69H83F3N16O8/c1-68(2,96)50-36-52-46(35-53(50)78-65(93)51-13-10-15-56(77-51)69(70,71)72)38-87(81-52)48-22-18-45(19-23-48)64(92)74-28-34-83(29-8-5-11-44-12-9-14-54-61(44)82(3)67(95)88(54)55-24-25-58(89)80-66(55)94)41-59(90)86-39-49(40-86)84-32-26-43(27-33-84)42-16-20-47(21-17-42)76-63-60(62(73)91)75-37-57(79-63)85-30-6-4-7-31-85/h9-10,12-17,20-21,35-38,43,45,48-49,55,96H,4-8,11,18-19,22-34,39-41H2,1-3H3,(H2,73,91)(H,74,92)(H,76,79)(H,78,93)(H,80,89,94). The zero-order chi connectivity index (χ0) is 67.6. The van der Waals surface area contributed by atoms with Gasteiger partial charge in [0, 0.05) is 93.2 Å². The van der Waals surface area contributed by atoms with E-state index in [-0.39, 0.29) is 72.2 Å². The number of imidazole rings is 1. The van der Waals surface area contributed by atoms with Crippen molar-refractivity contribution in [3.05, 3.63) is 129 Å². The number of carbonyl (C=O) groups excluding carboxylic acids is 6. The Morgan fingerprint density at radius 2 is 1.57 bits per heavy atom. The molecule has 1 unspecified atom stereocenters. The number of alkyl halides is 3. The number of nitrogens with one attached hydrogen (secondary N) is 4. The number of halogens is 3. The minimum absolute atomic E-state index is 0.0252. The average Bonchev–Trinajstić information content (AvgIpc) is 1.59. The first kappa shape index (κ1) is 66.9. The number of benzene rings is 3. The molecule has 7 aromatic rings. The van der Waals surface area contributed by atoms with Crippen LogP contribution in [0.2, 0.25) is 0 Å². The molecule has 5 fully saturated rings. The molecule has 3 aromatic carbocycles. The predicted molar refractivity (Wildman–Crippen MR) is 354 cm³/mol. The molecule has 1 atom stereocenters. The molecule has 0 bridgehead atoms. The maximum atomic E-state index is 14.2. The van der Waals surface area contributed by atoms with Gasteiger partial charge in [-0.05, 0) is 176 Å². The molecule has 96 heavy (non-hydrogen) atoms. The topological polar surface area (TPSA) is 293 Å². The molecule has 8 heterocycles. The summed E-state index contributed by atoms with van der Waals surface area (Å²) in [4.78, 5) is 114. The molecule has 27 heteroatoms. The van der Waals surface area contributed by atoms with Crippen molar-refractivity contribution in [3.63, 3.8) is 0 Å². The lowest BCUT2D eigenvalue weighted by Crippen LogP contribution is -2.63. The van der Waals surface area contributed by atoms with Gasteiger partial charge in [-0.1, -0.05) is 30.3 Å². The molecule has 4 saturated heterocycles. The Bertz CT molecular complexity index is 4120. The van der Waals surface area contributed by atoms with E-state index in [1.807, 2.05) is 46.1 Å². The van der Waals surface area contributed by atoms with Gasteiger partial charge in [-0.25, -0.2) is 19.7 Å². The maximum Gasteiger partial charge on any atom is 0.433 e. The van der Waals surface area contributed by atoms with Crippen LogP contribution in [0.15, 0.2) is 90.0 Å². The van der Waals surface area contributed by atoms with Crippen LogP contribution in [-0.4, -0.2) is 161 Å². The summed E-state index contributed by atoms with van der Waals surface area (Å²) in [5, 5.41) is 28.1. The summed E-state index contributed by atoms with van der Waals surface area (Å²) in [6.45, 7) is 9.43. The Morgan fingerprint density at radius 3 is 2.28 bits per heavy atom. The summed E-state index contributed by atoms with van der Waals surface area (Å²) in [6, 6.07) is 19.7. The summed E-state index contributed by atoms with van der Waals surface area (Å²) >= 11 is 0. The van der Waals surface area contributed by atoms with Gasteiger partial charge in [0.2, 0.25) is 23.6 Å². The number of aryl methyl sites for hydroxylation is 2. The number of piperidine rings is 3. The van der Waals surface area contributed by atoms with Crippen LogP contribution in [0, 0.1) is 5.92 Å². The Morgan fingerprint density at radius 1 is 0.833 bits per heavy atom. The summed E-state index contributed by atoms with van der Waals surface area (Å²) in [6.07, 6.45) is 8.91. The molecule has 508 valence electrons. The summed E-state index contributed by atoms with van der Waals surface area (Å²) < 4.78 is 45.2. The van der Waals surface area contributed by atoms with Crippen LogP contribution in [-0.2, 0) is 44.4 Å². The first-order valence-electron chi connectivity index (χ1n) is 33.5. The van der Waals surface area contributed by atoms with E-state index in [0.29, 0.717) is 105 Å². The largest absolute Gasteiger partial charge is 0.433 e. The minimum atomic E-state index is -4.75. The number of para-hydroxylation sites is 1. The van der Waals surface area contributed by atoms with E-state index >= 15 is 0 Å². The van der Waals surface area contributed by atoms with Crippen molar-refractivity contribution in [3.8, 4) is 0 Å². The SMILES string of the molecule is Cn1c(=O)n(C2CCC(=O)NC2=O)c2cccc(CCCCN(CCNC(=O)C3CCC(n4cc5cc(NC(=O)c6cccc(C(F)(F)F)n6)c(C(C)(C)O)cc5n4)CC3)CC(=O)N3CC(N4CCC(c5ccc(Nc6nc(N7CCCCC7)cnc6C(N)=O)cc5)CC4)C3)c21. The number of fused-ring (bicyclic) bond motifs is 2. The van der Waals surface area contributed by atoms with Gasteiger partial charge < -0.3 is 36.6 Å². The lowest BCUT2D eigenvalue weighted by Gasteiger charge is -2.48. The third-order valence-corrected chi connectivity index (χ3v) is 19.8. The van der Waals surface area contributed by atoms with Crippen LogP contribution in [0.25, 0.3) is 21.9 Å². The molecular weight excluding hydrogens is 1240 g/mol. The van der Waals surface area contributed by atoms with Gasteiger partial charge in [-0.15, -0.1) is 0 Å². The fourth-order valence-electron chi connectivity index (χ4n) is 14.4. The third-order valence-electron chi connectivity index (χ3n) is 19.8. The van der Waals surface area contributed by atoms with E-state index in [2.05, 4.69) is 58.1 Å². The van der Waals surface area contributed by atoms with Crippen LogP contribution in [0.5, 0.6) is 0 Å².